The Morgan fingerprint density at radius 3 is 2.37 bits per heavy atom. The van der Waals surface area contributed by atoms with Gasteiger partial charge in [0.15, 0.2) is 0 Å². The minimum atomic E-state index is -0.522. The molecule has 0 aromatic heterocycles. The van der Waals surface area contributed by atoms with Gasteiger partial charge in [-0.3, -0.25) is 0 Å². The van der Waals surface area contributed by atoms with Crippen molar-refractivity contribution in [2.45, 2.75) is 6.10 Å². The van der Waals surface area contributed by atoms with E-state index < -0.39 is 5.82 Å². The molecule has 2 aromatic rings. The van der Waals surface area contributed by atoms with E-state index in [2.05, 4.69) is 0 Å². The van der Waals surface area contributed by atoms with Crippen molar-refractivity contribution in [2.75, 3.05) is 6.54 Å². The van der Waals surface area contributed by atoms with Gasteiger partial charge in [-0.2, -0.15) is 0 Å². The molecule has 0 radical (unpaired) electrons. The van der Waals surface area contributed by atoms with Crippen LogP contribution in [0.5, 0.6) is 5.75 Å². The molecule has 0 aliphatic rings. The first-order chi connectivity index (χ1) is 9.10. The third-order valence-electron chi connectivity index (χ3n) is 2.63. The zero-order valence-electron chi connectivity index (χ0n) is 9.95. The molecule has 0 aliphatic carbocycles. The summed E-state index contributed by atoms with van der Waals surface area (Å²) in [5.41, 5.74) is 6.56. The molecule has 2 aromatic carbocycles. The van der Waals surface area contributed by atoms with Crippen LogP contribution in [0.2, 0.25) is 10.0 Å². The maximum absolute atomic E-state index is 13.3. The average Bonchev–Trinajstić information content (AvgIpc) is 2.41. The second kappa shape index (κ2) is 6.24. The van der Waals surface area contributed by atoms with Crippen LogP contribution in [-0.4, -0.2) is 6.54 Å². The van der Waals surface area contributed by atoms with Crippen LogP contribution >= 0.6 is 23.2 Å². The highest BCUT2D eigenvalue weighted by molar-refractivity contribution is 6.30. The minimum Gasteiger partial charge on any atom is -0.484 e. The van der Waals surface area contributed by atoms with Crippen LogP contribution in [-0.2, 0) is 0 Å². The summed E-state index contributed by atoms with van der Waals surface area (Å²) >= 11 is 11.4. The molecule has 19 heavy (non-hydrogen) atoms. The van der Waals surface area contributed by atoms with Gasteiger partial charge in [0.05, 0.1) is 5.02 Å². The van der Waals surface area contributed by atoms with Crippen molar-refractivity contribution in [2.24, 2.45) is 5.73 Å². The zero-order chi connectivity index (χ0) is 13.8. The van der Waals surface area contributed by atoms with E-state index in [0.29, 0.717) is 10.8 Å². The van der Waals surface area contributed by atoms with Gasteiger partial charge in [-0.25, -0.2) is 4.39 Å². The fraction of sp³-hybridized carbons (Fsp3) is 0.143. The van der Waals surface area contributed by atoms with Gasteiger partial charge >= 0.3 is 0 Å². The summed E-state index contributed by atoms with van der Waals surface area (Å²) in [5.74, 6) is -0.140. The van der Waals surface area contributed by atoms with E-state index in [9.17, 15) is 4.39 Å². The summed E-state index contributed by atoms with van der Waals surface area (Å²) in [6.07, 6.45) is -0.363. The highest BCUT2D eigenvalue weighted by atomic mass is 35.5. The Morgan fingerprint density at radius 2 is 1.79 bits per heavy atom. The van der Waals surface area contributed by atoms with E-state index in [1.807, 2.05) is 12.1 Å². The second-order valence-electron chi connectivity index (χ2n) is 3.97. The number of ether oxygens (including phenoxy) is 1. The van der Waals surface area contributed by atoms with E-state index >= 15 is 0 Å². The summed E-state index contributed by atoms with van der Waals surface area (Å²) in [6.45, 7) is 0.270. The number of nitrogens with two attached hydrogens (primary N) is 1. The molecule has 0 saturated heterocycles. The Bertz CT molecular complexity index is 560. The van der Waals surface area contributed by atoms with Crippen LogP contribution in [0.4, 0.5) is 4.39 Å². The molecule has 0 saturated carbocycles. The molecule has 0 spiro atoms. The fourth-order valence-corrected chi connectivity index (χ4v) is 1.89. The van der Waals surface area contributed by atoms with Crippen molar-refractivity contribution < 1.29 is 9.13 Å². The Morgan fingerprint density at radius 1 is 1.11 bits per heavy atom. The van der Waals surface area contributed by atoms with Gasteiger partial charge in [0.1, 0.15) is 17.7 Å². The molecule has 2 N–H and O–H groups in total. The average molecular weight is 300 g/mol. The lowest BCUT2D eigenvalue weighted by Gasteiger charge is -2.18. The predicted molar refractivity (Wildman–Crippen MR) is 75.3 cm³/mol. The first kappa shape index (κ1) is 14.1. The van der Waals surface area contributed by atoms with Gasteiger partial charge in [0, 0.05) is 17.6 Å². The van der Waals surface area contributed by atoms with Crippen LogP contribution in [0.1, 0.15) is 11.7 Å². The number of halogens is 3. The molecule has 2 nitrogen and oxygen atoms in total. The molecule has 0 aliphatic heterocycles. The van der Waals surface area contributed by atoms with Crippen molar-refractivity contribution in [1.29, 1.82) is 0 Å². The summed E-state index contributed by atoms with van der Waals surface area (Å²) in [5, 5.41) is 0.695. The second-order valence-corrected chi connectivity index (χ2v) is 4.81. The molecule has 100 valence electrons. The normalized spacial score (nSPS) is 12.2. The maximum Gasteiger partial charge on any atom is 0.145 e. The highest BCUT2D eigenvalue weighted by Gasteiger charge is 2.12. The molecule has 5 heteroatoms. The number of hydrogen-bond donors (Lipinski definition) is 1. The van der Waals surface area contributed by atoms with Gasteiger partial charge in [0.25, 0.3) is 0 Å². The molecule has 1 atom stereocenters. The Kier molecular flexibility index (Phi) is 4.64. The van der Waals surface area contributed by atoms with Crippen LogP contribution < -0.4 is 10.5 Å². The van der Waals surface area contributed by atoms with Crippen molar-refractivity contribution in [3.05, 3.63) is 63.9 Å². The number of hydrogen-bond acceptors (Lipinski definition) is 2. The topological polar surface area (TPSA) is 35.2 Å². The SMILES string of the molecule is NCC(Oc1ccc(Cl)c(F)c1)c1ccc(Cl)cc1. The molecule has 0 heterocycles. The number of benzene rings is 2. The Balaban J connectivity index is 2.18. The largest absolute Gasteiger partial charge is 0.484 e. The molecular formula is C14H12Cl2FNO. The van der Waals surface area contributed by atoms with Gasteiger partial charge in [0.2, 0.25) is 0 Å². The molecular weight excluding hydrogens is 288 g/mol. The summed E-state index contributed by atoms with van der Waals surface area (Å²) in [7, 11) is 0. The summed E-state index contributed by atoms with van der Waals surface area (Å²) in [4.78, 5) is 0. The van der Waals surface area contributed by atoms with E-state index in [0.717, 1.165) is 5.56 Å². The van der Waals surface area contributed by atoms with E-state index in [4.69, 9.17) is 33.7 Å². The van der Waals surface area contributed by atoms with Crippen molar-refractivity contribution in [3.63, 3.8) is 0 Å². The van der Waals surface area contributed by atoms with Crippen molar-refractivity contribution >= 4 is 23.2 Å². The predicted octanol–water partition coefficient (Wildman–Crippen LogP) is 4.21. The fourth-order valence-electron chi connectivity index (χ4n) is 1.64. The standard InChI is InChI=1S/C14H12Cl2FNO/c15-10-3-1-9(2-4-10)14(8-18)19-11-5-6-12(16)13(17)7-11/h1-7,14H,8,18H2. The van der Waals surface area contributed by atoms with Crippen LogP contribution in [0.15, 0.2) is 42.5 Å². The lowest BCUT2D eigenvalue weighted by atomic mass is 10.1. The van der Waals surface area contributed by atoms with E-state index in [1.165, 1.54) is 12.1 Å². The van der Waals surface area contributed by atoms with Gasteiger partial charge in [-0.05, 0) is 29.8 Å². The van der Waals surface area contributed by atoms with Gasteiger partial charge in [-0.15, -0.1) is 0 Å². The zero-order valence-corrected chi connectivity index (χ0v) is 11.5. The third-order valence-corrected chi connectivity index (χ3v) is 3.18. The monoisotopic (exact) mass is 299 g/mol. The lowest BCUT2D eigenvalue weighted by molar-refractivity contribution is 0.213. The minimum absolute atomic E-state index is 0.0585. The molecule has 1 unspecified atom stereocenters. The molecule has 0 bridgehead atoms. The first-order valence-electron chi connectivity index (χ1n) is 5.67. The lowest BCUT2D eigenvalue weighted by Crippen LogP contribution is -2.18. The Hall–Kier alpha value is -1.29. The summed E-state index contributed by atoms with van der Waals surface area (Å²) in [6, 6.07) is 11.4. The van der Waals surface area contributed by atoms with Crippen LogP contribution in [0.25, 0.3) is 0 Å². The summed E-state index contributed by atoms with van der Waals surface area (Å²) < 4.78 is 19.0. The van der Waals surface area contributed by atoms with Crippen molar-refractivity contribution in [3.8, 4) is 5.75 Å². The third kappa shape index (κ3) is 3.60. The maximum atomic E-state index is 13.3. The number of rotatable bonds is 4. The Labute approximate surface area is 120 Å². The van der Waals surface area contributed by atoms with Gasteiger partial charge < -0.3 is 10.5 Å². The van der Waals surface area contributed by atoms with Gasteiger partial charge in [-0.1, -0.05) is 35.3 Å². The van der Waals surface area contributed by atoms with Crippen LogP contribution in [0.3, 0.4) is 0 Å². The van der Waals surface area contributed by atoms with E-state index in [-0.39, 0.29) is 17.7 Å². The van der Waals surface area contributed by atoms with Crippen LogP contribution in [0, 0.1) is 5.82 Å². The first-order valence-corrected chi connectivity index (χ1v) is 6.43. The van der Waals surface area contributed by atoms with E-state index in [1.54, 1.807) is 18.2 Å². The van der Waals surface area contributed by atoms with Crippen molar-refractivity contribution in [1.82, 2.24) is 0 Å². The molecule has 0 fully saturated rings. The highest BCUT2D eigenvalue weighted by Crippen LogP contribution is 2.25. The molecule has 0 amide bonds. The quantitative estimate of drug-likeness (QED) is 0.918. The molecule has 2 rings (SSSR count). The smallest absolute Gasteiger partial charge is 0.145 e.